The van der Waals surface area contributed by atoms with Crippen molar-refractivity contribution < 1.29 is 14.6 Å². The highest BCUT2D eigenvalue weighted by molar-refractivity contribution is 5.75. The van der Waals surface area contributed by atoms with Gasteiger partial charge in [0, 0.05) is 24.6 Å². The Labute approximate surface area is 149 Å². The van der Waals surface area contributed by atoms with E-state index in [1.54, 1.807) is 0 Å². The first kappa shape index (κ1) is 16.9. The van der Waals surface area contributed by atoms with E-state index in [0.29, 0.717) is 18.6 Å². The predicted molar refractivity (Wildman–Crippen MR) is 95.1 cm³/mol. The summed E-state index contributed by atoms with van der Waals surface area (Å²) in [5.74, 6) is 0.456. The summed E-state index contributed by atoms with van der Waals surface area (Å²) in [6, 6.07) is 10.1. The maximum Gasteiger partial charge on any atom is 0.317 e. The highest BCUT2D eigenvalue weighted by atomic mass is 16.5. The number of hydrogen-bond donors (Lipinski definition) is 2. The van der Waals surface area contributed by atoms with Gasteiger partial charge in [-0.2, -0.15) is 0 Å². The third kappa shape index (κ3) is 3.82. The van der Waals surface area contributed by atoms with Crippen LogP contribution >= 0.6 is 0 Å². The zero-order valence-electron chi connectivity index (χ0n) is 14.6. The zero-order chi connectivity index (χ0) is 17.2. The second-order valence-electron chi connectivity index (χ2n) is 7.66. The smallest absolute Gasteiger partial charge is 0.317 e. The number of nitrogens with one attached hydrogen (secondary N) is 1. The standard InChI is InChI=1S/C20H28N2O3/c23-18(14-5-2-1-3-6-14)13-22(15-9-10-15)20(24)21-17-7-4-8-19-16(17)11-12-25-19/h1-3,5-6,15-19,23H,4,7-13H2,(H,21,24)/t16-,17-,18-,19+/m1/s1. The fraction of sp³-hybridized carbons (Fsp3) is 0.650. The van der Waals surface area contributed by atoms with E-state index in [2.05, 4.69) is 5.32 Å². The number of aliphatic hydroxyl groups excluding tert-OH is 1. The molecular weight excluding hydrogens is 316 g/mol. The topological polar surface area (TPSA) is 61.8 Å². The van der Waals surface area contributed by atoms with E-state index in [1.165, 1.54) is 0 Å². The number of benzene rings is 1. The summed E-state index contributed by atoms with van der Waals surface area (Å²) in [7, 11) is 0. The fourth-order valence-corrected chi connectivity index (χ4v) is 4.35. The van der Waals surface area contributed by atoms with Crippen LogP contribution in [0.2, 0.25) is 0 Å². The van der Waals surface area contributed by atoms with Crippen molar-refractivity contribution in [2.24, 2.45) is 5.92 Å². The molecule has 3 aliphatic rings. The number of ether oxygens (including phenoxy) is 1. The number of nitrogens with zero attached hydrogens (tertiary/aromatic N) is 1. The average molecular weight is 344 g/mol. The molecule has 0 spiro atoms. The van der Waals surface area contributed by atoms with Gasteiger partial charge in [-0.3, -0.25) is 0 Å². The summed E-state index contributed by atoms with van der Waals surface area (Å²) in [6.45, 7) is 1.18. The second-order valence-corrected chi connectivity index (χ2v) is 7.66. The first-order chi connectivity index (χ1) is 12.2. The Hall–Kier alpha value is -1.59. The van der Waals surface area contributed by atoms with Gasteiger partial charge in [0.2, 0.25) is 0 Å². The van der Waals surface area contributed by atoms with Gasteiger partial charge >= 0.3 is 6.03 Å². The van der Waals surface area contributed by atoms with Crippen LogP contribution in [0.25, 0.3) is 0 Å². The molecule has 4 atom stereocenters. The summed E-state index contributed by atoms with van der Waals surface area (Å²) in [6.07, 6.45) is 6.08. The summed E-state index contributed by atoms with van der Waals surface area (Å²) < 4.78 is 5.81. The number of aliphatic hydroxyl groups is 1. The number of hydrogen-bond acceptors (Lipinski definition) is 3. The molecular formula is C20H28N2O3. The van der Waals surface area contributed by atoms with Gasteiger partial charge in [0.05, 0.1) is 18.8 Å². The molecule has 3 fully saturated rings. The Morgan fingerprint density at radius 2 is 2.00 bits per heavy atom. The molecule has 2 saturated carbocycles. The molecule has 1 aromatic rings. The zero-order valence-corrected chi connectivity index (χ0v) is 14.6. The highest BCUT2D eigenvalue weighted by Crippen LogP contribution is 2.35. The second kappa shape index (κ2) is 7.34. The Bertz CT molecular complexity index is 590. The Balaban J connectivity index is 1.39. The van der Waals surface area contributed by atoms with Crippen molar-refractivity contribution in [2.75, 3.05) is 13.2 Å². The summed E-state index contributed by atoms with van der Waals surface area (Å²) in [4.78, 5) is 14.8. The molecule has 4 rings (SSSR count). The molecule has 1 heterocycles. The third-order valence-corrected chi connectivity index (χ3v) is 5.89. The molecule has 0 bridgehead atoms. The van der Waals surface area contributed by atoms with Gasteiger partial charge in [-0.05, 0) is 44.1 Å². The van der Waals surface area contributed by atoms with Crippen LogP contribution in [-0.2, 0) is 4.74 Å². The Morgan fingerprint density at radius 3 is 2.76 bits per heavy atom. The van der Waals surface area contributed by atoms with Gasteiger partial charge < -0.3 is 20.1 Å². The van der Waals surface area contributed by atoms with E-state index in [0.717, 1.165) is 50.7 Å². The molecule has 5 heteroatoms. The van der Waals surface area contributed by atoms with E-state index in [1.807, 2.05) is 35.2 Å². The van der Waals surface area contributed by atoms with Crippen molar-refractivity contribution >= 4 is 6.03 Å². The minimum atomic E-state index is -0.638. The Kier molecular flexibility index (Phi) is 4.95. The molecule has 2 N–H and O–H groups in total. The lowest BCUT2D eigenvalue weighted by Gasteiger charge is -2.35. The van der Waals surface area contributed by atoms with Crippen LogP contribution in [0.5, 0.6) is 0 Å². The van der Waals surface area contributed by atoms with Crippen LogP contribution in [0.4, 0.5) is 4.79 Å². The van der Waals surface area contributed by atoms with Crippen LogP contribution in [0.1, 0.15) is 50.2 Å². The molecule has 25 heavy (non-hydrogen) atoms. The van der Waals surface area contributed by atoms with E-state index < -0.39 is 6.10 Å². The fourth-order valence-electron chi connectivity index (χ4n) is 4.35. The van der Waals surface area contributed by atoms with Crippen LogP contribution < -0.4 is 5.32 Å². The summed E-state index contributed by atoms with van der Waals surface area (Å²) in [5, 5.41) is 13.8. The number of carbonyl (C=O) groups excluding carboxylic acids is 1. The van der Waals surface area contributed by atoms with Gasteiger partial charge in [-0.15, -0.1) is 0 Å². The van der Waals surface area contributed by atoms with Gasteiger partial charge in [-0.25, -0.2) is 4.79 Å². The van der Waals surface area contributed by atoms with E-state index in [9.17, 15) is 9.90 Å². The average Bonchev–Trinajstić information content (AvgIpc) is 3.36. The largest absolute Gasteiger partial charge is 0.387 e. The molecule has 2 aliphatic carbocycles. The van der Waals surface area contributed by atoms with Crippen LogP contribution in [0, 0.1) is 5.92 Å². The molecule has 2 amide bonds. The minimum absolute atomic E-state index is 0.0185. The van der Waals surface area contributed by atoms with E-state index >= 15 is 0 Å². The minimum Gasteiger partial charge on any atom is -0.387 e. The quantitative estimate of drug-likeness (QED) is 0.863. The summed E-state index contributed by atoms with van der Waals surface area (Å²) >= 11 is 0. The first-order valence-electron chi connectivity index (χ1n) is 9.64. The monoisotopic (exact) mass is 344 g/mol. The number of amides is 2. The van der Waals surface area contributed by atoms with Gasteiger partial charge in [-0.1, -0.05) is 30.3 Å². The van der Waals surface area contributed by atoms with Gasteiger partial charge in [0.1, 0.15) is 0 Å². The molecule has 136 valence electrons. The van der Waals surface area contributed by atoms with Crippen molar-refractivity contribution in [2.45, 2.75) is 62.8 Å². The van der Waals surface area contributed by atoms with Crippen LogP contribution in [0.15, 0.2) is 30.3 Å². The van der Waals surface area contributed by atoms with Crippen LogP contribution in [-0.4, -0.2) is 47.4 Å². The van der Waals surface area contributed by atoms with Gasteiger partial charge in [0.15, 0.2) is 0 Å². The molecule has 1 aliphatic heterocycles. The predicted octanol–water partition coefficient (Wildman–Crippen LogP) is 2.85. The van der Waals surface area contributed by atoms with E-state index in [-0.39, 0.29) is 18.1 Å². The molecule has 1 saturated heterocycles. The number of rotatable bonds is 5. The molecule has 1 aromatic carbocycles. The normalized spacial score (nSPS) is 29.7. The Morgan fingerprint density at radius 1 is 1.20 bits per heavy atom. The van der Waals surface area contributed by atoms with Crippen molar-refractivity contribution in [3.63, 3.8) is 0 Å². The number of fused-ring (bicyclic) bond motifs is 1. The molecule has 0 aromatic heterocycles. The maximum atomic E-state index is 12.9. The number of urea groups is 1. The lowest BCUT2D eigenvalue weighted by molar-refractivity contribution is 0.0526. The third-order valence-electron chi connectivity index (χ3n) is 5.89. The SMILES string of the molecule is O=C(N[C@@H]1CCC[C@@H]2OCC[C@@H]21)N(C[C@@H](O)c1ccccc1)C1CC1. The molecule has 0 unspecified atom stereocenters. The molecule has 5 nitrogen and oxygen atoms in total. The highest BCUT2D eigenvalue weighted by Gasteiger charge is 2.40. The maximum absolute atomic E-state index is 12.9. The molecule has 0 radical (unpaired) electrons. The van der Waals surface area contributed by atoms with Crippen molar-refractivity contribution in [1.82, 2.24) is 10.2 Å². The van der Waals surface area contributed by atoms with Crippen molar-refractivity contribution in [1.29, 1.82) is 0 Å². The van der Waals surface area contributed by atoms with Crippen LogP contribution in [0.3, 0.4) is 0 Å². The number of carbonyl (C=O) groups is 1. The van der Waals surface area contributed by atoms with Crippen molar-refractivity contribution in [3.05, 3.63) is 35.9 Å². The first-order valence-corrected chi connectivity index (χ1v) is 9.64. The van der Waals surface area contributed by atoms with Gasteiger partial charge in [0.25, 0.3) is 0 Å². The summed E-state index contributed by atoms with van der Waals surface area (Å²) in [5.41, 5.74) is 0.864. The lowest BCUT2D eigenvalue weighted by atomic mass is 9.82. The lowest BCUT2D eigenvalue weighted by Crippen LogP contribution is -2.51. The van der Waals surface area contributed by atoms with E-state index in [4.69, 9.17) is 4.74 Å². The van der Waals surface area contributed by atoms with Crippen molar-refractivity contribution in [3.8, 4) is 0 Å².